The van der Waals surface area contributed by atoms with Crippen LogP contribution in [0.25, 0.3) is 0 Å². The minimum atomic E-state index is -1.34. The van der Waals surface area contributed by atoms with Gasteiger partial charge >= 0.3 is 11.9 Å². The first-order valence-corrected chi connectivity index (χ1v) is 9.19. The van der Waals surface area contributed by atoms with Crippen molar-refractivity contribution in [1.29, 1.82) is 0 Å². The van der Waals surface area contributed by atoms with Gasteiger partial charge in [0.25, 0.3) is 0 Å². The second-order valence-electron chi connectivity index (χ2n) is 6.73. The number of carbonyl (C=O) groups is 4. The number of carboxylic acids is 2. The normalized spacial score (nSPS) is 18.1. The highest BCUT2D eigenvalue weighted by molar-refractivity contribution is 5.92. The first-order valence-electron chi connectivity index (χ1n) is 9.19. The van der Waals surface area contributed by atoms with Crippen LogP contribution in [0.5, 0.6) is 0 Å². The third kappa shape index (κ3) is 6.66. The highest BCUT2D eigenvalue weighted by Gasteiger charge is 2.30. The Kier molecular flexibility index (Phi) is 7.94. The van der Waals surface area contributed by atoms with Crippen LogP contribution < -0.4 is 16.0 Å². The van der Waals surface area contributed by atoms with E-state index < -0.39 is 29.9 Å². The SMILES string of the molecule is O=C(O)CCC(NC(=O)C(Cc1ccccc1)NC(=O)C1CCCN1)C(=O)O. The highest BCUT2D eigenvalue weighted by Crippen LogP contribution is 2.09. The van der Waals surface area contributed by atoms with Gasteiger partial charge in [-0.3, -0.25) is 14.4 Å². The molecule has 1 aromatic rings. The summed E-state index contributed by atoms with van der Waals surface area (Å²) in [6.07, 6.45) is 1.09. The maximum atomic E-state index is 12.7. The van der Waals surface area contributed by atoms with Crippen molar-refractivity contribution in [1.82, 2.24) is 16.0 Å². The number of carboxylic acid groups (broad SMARTS) is 2. The summed E-state index contributed by atoms with van der Waals surface area (Å²) in [7, 11) is 0. The van der Waals surface area contributed by atoms with Gasteiger partial charge in [0, 0.05) is 12.8 Å². The molecule has 2 amide bonds. The second-order valence-corrected chi connectivity index (χ2v) is 6.73. The number of nitrogens with one attached hydrogen (secondary N) is 3. The first kappa shape index (κ1) is 21.4. The maximum Gasteiger partial charge on any atom is 0.326 e. The predicted octanol–water partition coefficient (Wildman–Crippen LogP) is -0.0999. The zero-order chi connectivity index (χ0) is 20.5. The van der Waals surface area contributed by atoms with Gasteiger partial charge in [0.05, 0.1) is 6.04 Å². The van der Waals surface area contributed by atoms with Crippen molar-refractivity contribution in [2.75, 3.05) is 6.54 Å². The zero-order valence-corrected chi connectivity index (χ0v) is 15.4. The third-order valence-electron chi connectivity index (χ3n) is 4.55. The van der Waals surface area contributed by atoms with E-state index in [0.717, 1.165) is 18.5 Å². The van der Waals surface area contributed by atoms with Crippen molar-refractivity contribution in [3.8, 4) is 0 Å². The van der Waals surface area contributed by atoms with E-state index in [0.29, 0.717) is 6.42 Å². The predicted molar refractivity (Wildman–Crippen MR) is 99.5 cm³/mol. The van der Waals surface area contributed by atoms with Crippen LogP contribution in [0.3, 0.4) is 0 Å². The van der Waals surface area contributed by atoms with E-state index in [4.69, 9.17) is 5.11 Å². The van der Waals surface area contributed by atoms with Crippen LogP contribution in [0.2, 0.25) is 0 Å². The average Bonchev–Trinajstić information content (AvgIpc) is 3.19. The lowest BCUT2D eigenvalue weighted by atomic mass is 10.0. The molecular weight excluding hydrogens is 366 g/mol. The summed E-state index contributed by atoms with van der Waals surface area (Å²) in [4.78, 5) is 47.2. The molecule has 0 aromatic heterocycles. The van der Waals surface area contributed by atoms with Crippen molar-refractivity contribution < 1.29 is 29.4 Å². The van der Waals surface area contributed by atoms with E-state index in [1.807, 2.05) is 6.07 Å². The summed E-state index contributed by atoms with van der Waals surface area (Å²) in [5.41, 5.74) is 0.805. The first-order chi connectivity index (χ1) is 13.4. The molecule has 0 bridgehead atoms. The lowest BCUT2D eigenvalue weighted by molar-refractivity contribution is -0.143. The Balaban J connectivity index is 2.08. The Bertz CT molecular complexity index is 703. The fourth-order valence-electron chi connectivity index (χ4n) is 3.04. The van der Waals surface area contributed by atoms with E-state index >= 15 is 0 Å². The molecule has 1 fully saturated rings. The number of hydrogen-bond donors (Lipinski definition) is 5. The maximum absolute atomic E-state index is 12.7. The van der Waals surface area contributed by atoms with Crippen LogP contribution in [-0.4, -0.2) is 58.6 Å². The number of benzene rings is 1. The molecule has 9 heteroatoms. The number of amides is 2. The van der Waals surface area contributed by atoms with Gasteiger partial charge in [-0.2, -0.15) is 0 Å². The fraction of sp³-hybridized carbons (Fsp3) is 0.474. The molecule has 0 spiro atoms. The van der Waals surface area contributed by atoms with Gasteiger partial charge < -0.3 is 26.2 Å². The fourth-order valence-corrected chi connectivity index (χ4v) is 3.04. The van der Waals surface area contributed by atoms with E-state index in [2.05, 4.69) is 16.0 Å². The molecule has 1 aromatic carbocycles. The van der Waals surface area contributed by atoms with Crippen LogP contribution in [-0.2, 0) is 25.6 Å². The second kappa shape index (κ2) is 10.4. The number of rotatable bonds is 10. The van der Waals surface area contributed by atoms with Gasteiger partial charge in [-0.05, 0) is 31.4 Å². The molecule has 0 radical (unpaired) electrons. The van der Waals surface area contributed by atoms with E-state index in [1.54, 1.807) is 24.3 Å². The van der Waals surface area contributed by atoms with Gasteiger partial charge in [0.2, 0.25) is 11.8 Å². The summed E-state index contributed by atoms with van der Waals surface area (Å²) in [5, 5.41) is 26.1. The molecule has 1 aliphatic rings. The van der Waals surface area contributed by atoms with Gasteiger partial charge in [0.15, 0.2) is 0 Å². The van der Waals surface area contributed by atoms with Gasteiger partial charge in [0.1, 0.15) is 12.1 Å². The Morgan fingerprint density at radius 3 is 2.36 bits per heavy atom. The summed E-state index contributed by atoms with van der Waals surface area (Å²) < 4.78 is 0. The monoisotopic (exact) mass is 391 g/mol. The molecule has 5 N–H and O–H groups in total. The minimum absolute atomic E-state index is 0.191. The summed E-state index contributed by atoms with van der Waals surface area (Å²) >= 11 is 0. The van der Waals surface area contributed by atoms with Crippen molar-refractivity contribution >= 4 is 23.8 Å². The Hall–Kier alpha value is -2.94. The Morgan fingerprint density at radius 1 is 1.07 bits per heavy atom. The topological polar surface area (TPSA) is 145 Å². The van der Waals surface area contributed by atoms with Crippen LogP contribution in [0.1, 0.15) is 31.2 Å². The van der Waals surface area contributed by atoms with Crippen molar-refractivity contribution in [3.05, 3.63) is 35.9 Å². The van der Waals surface area contributed by atoms with Crippen molar-refractivity contribution in [2.24, 2.45) is 0 Å². The molecule has 2 rings (SSSR count). The quantitative estimate of drug-likeness (QED) is 0.374. The molecule has 3 atom stereocenters. The standard InChI is InChI=1S/C19H25N3O6/c23-16(24)9-8-14(19(27)28)21-18(26)15(11-12-5-2-1-3-6-12)22-17(25)13-7-4-10-20-13/h1-3,5-6,13-15,20H,4,7-11H2,(H,21,26)(H,22,25)(H,23,24)(H,27,28). The molecule has 1 aliphatic heterocycles. The lowest BCUT2D eigenvalue weighted by Crippen LogP contribution is -2.55. The number of aliphatic carboxylic acids is 2. The highest BCUT2D eigenvalue weighted by atomic mass is 16.4. The van der Waals surface area contributed by atoms with Crippen LogP contribution in [0.15, 0.2) is 30.3 Å². The largest absolute Gasteiger partial charge is 0.481 e. The smallest absolute Gasteiger partial charge is 0.326 e. The van der Waals surface area contributed by atoms with Gasteiger partial charge in [-0.15, -0.1) is 0 Å². The van der Waals surface area contributed by atoms with E-state index in [-0.39, 0.29) is 31.2 Å². The number of carbonyl (C=O) groups excluding carboxylic acids is 2. The van der Waals surface area contributed by atoms with Crippen LogP contribution in [0, 0.1) is 0 Å². The summed E-state index contributed by atoms with van der Waals surface area (Å²) in [5.74, 6) is -3.45. The van der Waals surface area contributed by atoms with E-state index in [9.17, 15) is 24.3 Å². The number of hydrogen-bond acceptors (Lipinski definition) is 5. The molecule has 28 heavy (non-hydrogen) atoms. The molecule has 152 valence electrons. The molecule has 0 aliphatic carbocycles. The summed E-state index contributed by atoms with van der Waals surface area (Å²) in [6.45, 7) is 0.726. The Labute approximate surface area is 162 Å². The van der Waals surface area contributed by atoms with E-state index in [1.165, 1.54) is 0 Å². The molecule has 1 saturated heterocycles. The Morgan fingerprint density at radius 2 is 1.79 bits per heavy atom. The van der Waals surface area contributed by atoms with Crippen LogP contribution in [0.4, 0.5) is 0 Å². The van der Waals surface area contributed by atoms with Gasteiger partial charge in [-0.25, -0.2) is 4.79 Å². The van der Waals surface area contributed by atoms with Crippen molar-refractivity contribution in [3.63, 3.8) is 0 Å². The zero-order valence-electron chi connectivity index (χ0n) is 15.4. The van der Waals surface area contributed by atoms with Gasteiger partial charge in [-0.1, -0.05) is 30.3 Å². The molecule has 9 nitrogen and oxygen atoms in total. The minimum Gasteiger partial charge on any atom is -0.481 e. The van der Waals surface area contributed by atoms with Crippen LogP contribution >= 0.6 is 0 Å². The third-order valence-corrected chi connectivity index (χ3v) is 4.55. The molecule has 0 saturated carbocycles. The molecule has 3 unspecified atom stereocenters. The molecule has 1 heterocycles. The lowest BCUT2D eigenvalue weighted by Gasteiger charge is -2.23. The summed E-state index contributed by atoms with van der Waals surface area (Å²) in [6, 6.07) is 6.35. The molecular formula is C19H25N3O6. The van der Waals surface area contributed by atoms with Crippen molar-refractivity contribution in [2.45, 2.75) is 50.2 Å². The average molecular weight is 391 g/mol.